The SMILES string of the molecule is CC.CCC1=CC(OCCCOI)CC=C1CCC=O. The summed E-state index contributed by atoms with van der Waals surface area (Å²) in [6, 6.07) is 0. The largest absolute Gasteiger partial charge is 0.374 e. The molecule has 4 heteroatoms. The van der Waals surface area contributed by atoms with Crippen LogP contribution >= 0.6 is 23.0 Å². The lowest BCUT2D eigenvalue weighted by Crippen LogP contribution is -2.15. The monoisotopic (exact) mass is 394 g/mol. The Balaban J connectivity index is 0.00000172. The minimum absolute atomic E-state index is 0.189. The van der Waals surface area contributed by atoms with Gasteiger partial charge < -0.3 is 12.6 Å². The van der Waals surface area contributed by atoms with Crippen molar-refractivity contribution in [2.75, 3.05) is 13.2 Å². The third kappa shape index (κ3) is 8.17. The fourth-order valence-electron chi connectivity index (χ4n) is 2.08. The Hall–Kier alpha value is -0.200. The molecule has 1 aliphatic rings. The number of rotatable bonds is 9. The van der Waals surface area contributed by atoms with Crippen LogP contribution in [0.4, 0.5) is 0 Å². The highest BCUT2D eigenvalue weighted by molar-refractivity contribution is 14.1. The summed E-state index contributed by atoms with van der Waals surface area (Å²) in [7, 11) is 0. The van der Waals surface area contributed by atoms with Crippen molar-refractivity contribution in [3.05, 3.63) is 23.3 Å². The molecule has 116 valence electrons. The van der Waals surface area contributed by atoms with Gasteiger partial charge in [0.2, 0.25) is 0 Å². The molecule has 3 nitrogen and oxygen atoms in total. The molecule has 0 saturated heterocycles. The van der Waals surface area contributed by atoms with E-state index in [0.29, 0.717) is 6.42 Å². The molecule has 0 amide bonds. The minimum atomic E-state index is 0.189. The predicted octanol–water partition coefficient (Wildman–Crippen LogP) is 4.80. The lowest BCUT2D eigenvalue weighted by Gasteiger charge is -2.21. The molecule has 0 aromatic heterocycles. The summed E-state index contributed by atoms with van der Waals surface area (Å²) in [5, 5.41) is 0. The molecule has 0 fully saturated rings. The van der Waals surface area contributed by atoms with Crippen LogP contribution in [0.2, 0.25) is 0 Å². The van der Waals surface area contributed by atoms with Crippen molar-refractivity contribution in [3.63, 3.8) is 0 Å². The Kier molecular flexibility index (Phi) is 13.6. The molecule has 0 aromatic rings. The lowest BCUT2D eigenvalue weighted by atomic mass is 9.91. The van der Waals surface area contributed by atoms with E-state index in [4.69, 9.17) is 7.80 Å². The summed E-state index contributed by atoms with van der Waals surface area (Å²) in [4.78, 5) is 10.4. The second kappa shape index (κ2) is 13.8. The molecule has 1 aliphatic carbocycles. The van der Waals surface area contributed by atoms with Crippen LogP contribution in [0.5, 0.6) is 0 Å². The molecule has 0 saturated carbocycles. The lowest BCUT2D eigenvalue weighted by molar-refractivity contribution is -0.107. The first-order chi connectivity index (χ1) is 9.81. The second-order valence-corrected chi connectivity index (χ2v) is 4.91. The van der Waals surface area contributed by atoms with E-state index in [2.05, 4.69) is 19.1 Å². The maximum absolute atomic E-state index is 10.4. The van der Waals surface area contributed by atoms with Crippen molar-refractivity contribution in [1.29, 1.82) is 0 Å². The first-order valence-corrected chi connectivity index (χ1v) is 8.38. The van der Waals surface area contributed by atoms with Gasteiger partial charge in [0.25, 0.3) is 0 Å². The van der Waals surface area contributed by atoms with E-state index >= 15 is 0 Å². The predicted molar refractivity (Wildman–Crippen MR) is 92.0 cm³/mol. The molecule has 0 heterocycles. The molecule has 1 unspecified atom stereocenters. The molecule has 0 aromatic carbocycles. The summed E-state index contributed by atoms with van der Waals surface area (Å²) in [5.74, 6) is 0. The van der Waals surface area contributed by atoms with Crippen molar-refractivity contribution in [3.8, 4) is 0 Å². The van der Waals surface area contributed by atoms with Crippen molar-refractivity contribution < 1.29 is 12.6 Å². The summed E-state index contributed by atoms with van der Waals surface area (Å²) >= 11 is 1.90. The molecule has 20 heavy (non-hydrogen) atoms. The maximum atomic E-state index is 10.4. The molecule has 0 aliphatic heterocycles. The van der Waals surface area contributed by atoms with Crippen LogP contribution in [0.15, 0.2) is 23.3 Å². The van der Waals surface area contributed by atoms with Gasteiger partial charge in [0.05, 0.1) is 12.7 Å². The smallest absolute Gasteiger partial charge is 0.120 e. The van der Waals surface area contributed by atoms with Crippen molar-refractivity contribution in [2.45, 2.75) is 59.0 Å². The maximum Gasteiger partial charge on any atom is 0.120 e. The average Bonchev–Trinajstić information content (AvgIpc) is 2.52. The van der Waals surface area contributed by atoms with Crippen molar-refractivity contribution in [2.24, 2.45) is 0 Å². The van der Waals surface area contributed by atoms with E-state index in [0.717, 1.165) is 45.2 Å². The van der Waals surface area contributed by atoms with Gasteiger partial charge in [-0.25, -0.2) is 0 Å². The van der Waals surface area contributed by atoms with Crippen LogP contribution in [0, 0.1) is 0 Å². The van der Waals surface area contributed by atoms with Crippen LogP contribution in [-0.4, -0.2) is 25.6 Å². The fourth-order valence-corrected chi connectivity index (χ4v) is 2.39. The molecule has 1 rings (SSSR count). The van der Waals surface area contributed by atoms with Crippen molar-refractivity contribution >= 4 is 29.3 Å². The Bertz CT molecular complexity index is 311. The number of ether oxygens (including phenoxy) is 1. The number of carbonyl (C=O) groups excluding carboxylic acids is 1. The van der Waals surface area contributed by atoms with E-state index < -0.39 is 0 Å². The van der Waals surface area contributed by atoms with Crippen LogP contribution in [-0.2, 0) is 12.6 Å². The highest BCUT2D eigenvalue weighted by Gasteiger charge is 2.14. The van der Waals surface area contributed by atoms with Gasteiger partial charge in [0.1, 0.15) is 29.3 Å². The van der Waals surface area contributed by atoms with Gasteiger partial charge in [0.15, 0.2) is 0 Å². The zero-order chi connectivity index (χ0) is 15.2. The number of aldehydes is 1. The second-order valence-electron chi connectivity index (χ2n) is 4.29. The number of hydrogen-bond acceptors (Lipinski definition) is 3. The van der Waals surface area contributed by atoms with E-state index in [1.807, 2.05) is 36.9 Å². The Labute approximate surface area is 137 Å². The Morgan fingerprint density at radius 1 is 1.35 bits per heavy atom. The van der Waals surface area contributed by atoms with Gasteiger partial charge in [-0.1, -0.05) is 32.9 Å². The fraction of sp³-hybridized carbons (Fsp3) is 0.688. The quantitative estimate of drug-likeness (QED) is 0.320. The highest BCUT2D eigenvalue weighted by atomic mass is 127. The minimum Gasteiger partial charge on any atom is -0.374 e. The van der Waals surface area contributed by atoms with Gasteiger partial charge in [0, 0.05) is 13.0 Å². The molecule has 0 bridgehead atoms. The number of halogens is 1. The third-order valence-corrected chi connectivity index (χ3v) is 3.45. The standard InChI is InChI=1S/C14H21IO3.C2H6/c1-2-12-11-14(17-9-4-10-18-15)7-6-13(12)5-3-8-16;1-2/h6,8,11,14H,2-5,7,9-10H2,1H3;1-2H3. The van der Waals surface area contributed by atoms with E-state index in [1.165, 1.54) is 11.1 Å². The third-order valence-electron chi connectivity index (χ3n) is 3.01. The van der Waals surface area contributed by atoms with Gasteiger partial charge in [-0.3, -0.25) is 0 Å². The van der Waals surface area contributed by atoms with Crippen LogP contribution in [0.1, 0.15) is 52.9 Å². The molecule has 0 spiro atoms. The zero-order valence-corrected chi connectivity index (χ0v) is 15.0. The first-order valence-electron chi connectivity index (χ1n) is 7.50. The van der Waals surface area contributed by atoms with E-state index in [9.17, 15) is 4.79 Å². The Morgan fingerprint density at radius 3 is 2.70 bits per heavy atom. The molecule has 1 atom stereocenters. The summed E-state index contributed by atoms with van der Waals surface area (Å²) in [5.41, 5.74) is 2.65. The number of hydrogen-bond donors (Lipinski definition) is 0. The summed E-state index contributed by atoms with van der Waals surface area (Å²) in [6.07, 6.45) is 9.93. The first kappa shape index (κ1) is 19.8. The molecule has 0 radical (unpaired) electrons. The van der Waals surface area contributed by atoms with Crippen LogP contribution < -0.4 is 0 Å². The molecular weight excluding hydrogens is 367 g/mol. The van der Waals surface area contributed by atoms with Gasteiger partial charge in [-0.2, -0.15) is 0 Å². The summed E-state index contributed by atoms with van der Waals surface area (Å²) < 4.78 is 10.8. The average molecular weight is 394 g/mol. The number of allylic oxidation sites excluding steroid dienone is 2. The van der Waals surface area contributed by atoms with Crippen molar-refractivity contribution in [1.82, 2.24) is 0 Å². The molecule has 0 N–H and O–H groups in total. The Morgan fingerprint density at radius 2 is 2.10 bits per heavy atom. The van der Waals surface area contributed by atoms with E-state index in [-0.39, 0.29) is 6.10 Å². The van der Waals surface area contributed by atoms with Crippen LogP contribution in [0.25, 0.3) is 0 Å². The zero-order valence-electron chi connectivity index (χ0n) is 12.9. The highest BCUT2D eigenvalue weighted by Crippen LogP contribution is 2.26. The van der Waals surface area contributed by atoms with Gasteiger partial charge in [-0.05, 0) is 36.8 Å². The number of carbonyl (C=O) groups is 1. The topological polar surface area (TPSA) is 35.5 Å². The van der Waals surface area contributed by atoms with Gasteiger partial charge in [-0.15, -0.1) is 0 Å². The van der Waals surface area contributed by atoms with Crippen LogP contribution in [0.3, 0.4) is 0 Å². The van der Waals surface area contributed by atoms with E-state index in [1.54, 1.807) is 0 Å². The normalized spacial score (nSPS) is 17.7. The van der Waals surface area contributed by atoms with Gasteiger partial charge >= 0.3 is 0 Å². The summed E-state index contributed by atoms with van der Waals surface area (Å²) in [6.45, 7) is 7.61. The molecular formula is C16H27IO3.